The first-order valence-corrected chi connectivity index (χ1v) is 10.9. The monoisotopic (exact) mass is 404 g/mol. The second-order valence-corrected chi connectivity index (χ2v) is 8.23. The van der Waals surface area contributed by atoms with Crippen molar-refractivity contribution in [3.8, 4) is 11.5 Å². The first kappa shape index (κ1) is 19.2. The van der Waals surface area contributed by atoms with E-state index >= 15 is 0 Å². The van der Waals surface area contributed by atoms with Crippen molar-refractivity contribution >= 4 is 11.5 Å². The topological polar surface area (TPSA) is 42.0 Å². The van der Waals surface area contributed by atoms with Crippen LogP contribution in [0.15, 0.2) is 54.6 Å². The zero-order valence-electron chi connectivity index (χ0n) is 17.3. The molecule has 30 heavy (non-hydrogen) atoms. The van der Waals surface area contributed by atoms with Crippen LogP contribution in [0.2, 0.25) is 0 Å². The lowest BCUT2D eigenvalue weighted by atomic mass is 9.99. The Kier molecular flexibility index (Phi) is 5.45. The molecule has 156 valence electrons. The molecule has 0 N–H and O–H groups in total. The summed E-state index contributed by atoms with van der Waals surface area (Å²) in [6, 6.07) is 16.8. The van der Waals surface area contributed by atoms with Gasteiger partial charge in [0.25, 0.3) is 0 Å². The van der Waals surface area contributed by atoms with Crippen LogP contribution < -0.4 is 9.47 Å². The van der Waals surface area contributed by atoms with Gasteiger partial charge in [0.1, 0.15) is 13.2 Å². The van der Waals surface area contributed by atoms with Crippen molar-refractivity contribution in [2.24, 2.45) is 0 Å². The first-order chi connectivity index (χ1) is 14.8. The van der Waals surface area contributed by atoms with Gasteiger partial charge in [-0.2, -0.15) is 0 Å². The Labute approximate surface area is 177 Å². The van der Waals surface area contributed by atoms with E-state index in [-0.39, 0.29) is 11.9 Å². The van der Waals surface area contributed by atoms with Gasteiger partial charge in [0, 0.05) is 19.6 Å². The van der Waals surface area contributed by atoms with Gasteiger partial charge >= 0.3 is 0 Å². The van der Waals surface area contributed by atoms with E-state index in [1.165, 1.54) is 11.1 Å². The minimum atomic E-state index is 0.133. The highest BCUT2D eigenvalue weighted by molar-refractivity contribution is 5.79. The molecule has 1 fully saturated rings. The molecule has 5 heteroatoms. The summed E-state index contributed by atoms with van der Waals surface area (Å²) in [5.74, 6) is 1.83. The van der Waals surface area contributed by atoms with E-state index in [1.54, 1.807) is 0 Å². The number of carbonyl (C=O) groups excluding carboxylic acids is 1. The van der Waals surface area contributed by atoms with Gasteiger partial charge in [0.2, 0.25) is 5.91 Å². The Morgan fingerprint density at radius 2 is 1.83 bits per heavy atom. The lowest BCUT2D eigenvalue weighted by molar-refractivity contribution is -0.133. The fraction of sp³-hybridized carbons (Fsp3) is 0.400. The molecule has 1 atom stereocenters. The lowest BCUT2D eigenvalue weighted by Gasteiger charge is -2.31. The highest BCUT2D eigenvalue weighted by Gasteiger charge is 2.31. The van der Waals surface area contributed by atoms with Gasteiger partial charge in [0.15, 0.2) is 11.5 Å². The van der Waals surface area contributed by atoms with Crippen LogP contribution in [0.3, 0.4) is 0 Å². The smallest absolute Gasteiger partial charge is 0.237 e. The van der Waals surface area contributed by atoms with Gasteiger partial charge in [-0.1, -0.05) is 42.5 Å². The molecule has 1 amide bonds. The van der Waals surface area contributed by atoms with E-state index < -0.39 is 0 Å². The largest absolute Gasteiger partial charge is 0.486 e. The van der Waals surface area contributed by atoms with Crippen LogP contribution in [0.4, 0.5) is 0 Å². The van der Waals surface area contributed by atoms with Gasteiger partial charge in [-0.3, -0.25) is 9.69 Å². The van der Waals surface area contributed by atoms with E-state index in [1.807, 2.05) is 12.1 Å². The number of hydrogen-bond acceptors (Lipinski definition) is 4. The van der Waals surface area contributed by atoms with E-state index in [0.717, 1.165) is 56.0 Å². The van der Waals surface area contributed by atoms with Crippen molar-refractivity contribution < 1.29 is 14.3 Å². The molecule has 0 unspecified atom stereocenters. The predicted molar refractivity (Wildman–Crippen MR) is 117 cm³/mol. The van der Waals surface area contributed by atoms with Crippen LogP contribution >= 0.6 is 0 Å². The zero-order chi connectivity index (χ0) is 20.3. The molecule has 0 radical (unpaired) electrons. The van der Waals surface area contributed by atoms with Crippen LogP contribution in [-0.2, 0) is 4.79 Å². The second kappa shape index (κ2) is 8.52. The van der Waals surface area contributed by atoms with Gasteiger partial charge in [-0.25, -0.2) is 0 Å². The fourth-order valence-electron chi connectivity index (χ4n) is 4.73. The third-order valence-corrected chi connectivity index (χ3v) is 6.32. The van der Waals surface area contributed by atoms with Crippen molar-refractivity contribution in [1.29, 1.82) is 0 Å². The Balaban J connectivity index is 1.23. The molecular weight excluding hydrogens is 376 g/mol. The molecular formula is C25H28N2O3. The van der Waals surface area contributed by atoms with Gasteiger partial charge in [0.05, 0.1) is 12.6 Å². The van der Waals surface area contributed by atoms with E-state index in [2.05, 4.69) is 52.3 Å². The number of amides is 1. The molecule has 5 rings (SSSR count). The van der Waals surface area contributed by atoms with Crippen LogP contribution in [-0.4, -0.2) is 55.1 Å². The Morgan fingerprint density at radius 3 is 2.63 bits per heavy atom. The number of carbonyl (C=O) groups is 1. The predicted octanol–water partition coefficient (Wildman–Crippen LogP) is 3.91. The Hall–Kier alpha value is -2.79. The van der Waals surface area contributed by atoms with Gasteiger partial charge < -0.3 is 14.4 Å². The fourth-order valence-corrected chi connectivity index (χ4v) is 4.73. The average molecular weight is 405 g/mol. The maximum atomic E-state index is 13.1. The van der Waals surface area contributed by atoms with E-state index in [0.29, 0.717) is 19.8 Å². The summed E-state index contributed by atoms with van der Waals surface area (Å²) in [7, 11) is 0. The van der Waals surface area contributed by atoms with Crippen molar-refractivity contribution in [3.05, 3.63) is 65.7 Å². The second-order valence-electron chi connectivity index (χ2n) is 8.23. The van der Waals surface area contributed by atoms with Gasteiger partial charge in [-0.05, 0) is 48.1 Å². The molecule has 3 heterocycles. The number of hydrogen-bond donors (Lipinski definition) is 0. The standard InChI is InChI=1S/C25H28N2O3/c28-25(18-26-13-10-20(11-14-26)19-5-2-1-3-6-19)27-12-4-7-22(27)21-8-9-23-24(17-21)30-16-15-29-23/h1-3,5-6,8-10,17,22H,4,7,11-16,18H2/t22-/m0/s1. The maximum absolute atomic E-state index is 13.1. The number of likely N-dealkylation sites (tertiary alicyclic amines) is 1. The third-order valence-electron chi connectivity index (χ3n) is 6.32. The van der Waals surface area contributed by atoms with Crippen LogP contribution in [0.5, 0.6) is 11.5 Å². The molecule has 0 aliphatic carbocycles. The molecule has 1 saturated heterocycles. The van der Waals surface area contributed by atoms with E-state index in [9.17, 15) is 4.79 Å². The molecule has 3 aliphatic heterocycles. The zero-order valence-corrected chi connectivity index (χ0v) is 17.3. The third kappa shape index (κ3) is 3.94. The molecule has 2 aromatic rings. The number of ether oxygens (including phenoxy) is 2. The highest BCUT2D eigenvalue weighted by Crippen LogP contribution is 2.38. The summed E-state index contributed by atoms with van der Waals surface area (Å²) in [6.45, 7) is 4.25. The molecule has 0 saturated carbocycles. The summed E-state index contributed by atoms with van der Waals surface area (Å²) in [5, 5.41) is 0. The Bertz CT molecular complexity index is 941. The Morgan fingerprint density at radius 1 is 1.00 bits per heavy atom. The number of nitrogens with zero attached hydrogens (tertiary/aromatic N) is 2. The van der Waals surface area contributed by atoms with Crippen molar-refractivity contribution in [1.82, 2.24) is 9.80 Å². The number of rotatable bonds is 4. The normalized spacial score (nSPS) is 21.4. The summed E-state index contributed by atoms with van der Waals surface area (Å²) < 4.78 is 11.4. The maximum Gasteiger partial charge on any atom is 0.237 e. The summed E-state index contributed by atoms with van der Waals surface area (Å²) in [5.41, 5.74) is 3.83. The molecule has 0 aromatic heterocycles. The minimum Gasteiger partial charge on any atom is -0.486 e. The SMILES string of the molecule is O=C(CN1CC=C(c2ccccc2)CC1)N1CCC[C@H]1c1ccc2c(c1)OCCO2. The molecule has 0 spiro atoms. The first-order valence-electron chi connectivity index (χ1n) is 10.9. The molecule has 5 nitrogen and oxygen atoms in total. The van der Waals surface area contributed by atoms with Crippen molar-refractivity contribution in [2.45, 2.75) is 25.3 Å². The summed E-state index contributed by atoms with van der Waals surface area (Å²) in [4.78, 5) is 17.5. The molecule has 0 bridgehead atoms. The van der Waals surface area contributed by atoms with E-state index in [4.69, 9.17) is 9.47 Å². The number of benzene rings is 2. The minimum absolute atomic E-state index is 0.133. The van der Waals surface area contributed by atoms with Crippen molar-refractivity contribution in [3.63, 3.8) is 0 Å². The van der Waals surface area contributed by atoms with Crippen LogP contribution in [0.25, 0.3) is 5.57 Å². The van der Waals surface area contributed by atoms with Crippen LogP contribution in [0, 0.1) is 0 Å². The van der Waals surface area contributed by atoms with Crippen LogP contribution in [0.1, 0.15) is 36.4 Å². The molecule has 2 aromatic carbocycles. The van der Waals surface area contributed by atoms with Gasteiger partial charge in [-0.15, -0.1) is 0 Å². The summed E-state index contributed by atoms with van der Waals surface area (Å²) in [6.07, 6.45) is 5.31. The highest BCUT2D eigenvalue weighted by atomic mass is 16.6. The summed E-state index contributed by atoms with van der Waals surface area (Å²) >= 11 is 0. The average Bonchev–Trinajstić information content (AvgIpc) is 3.30. The lowest BCUT2D eigenvalue weighted by Crippen LogP contribution is -2.41. The number of fused-ring (bicyclic) bond motifs is 1. The molecule has 3 aliphatic rings. The van der Waals surface area contributed by atoms with Crippen molar-refractivity contribution in [2.75, 3.05) is 39.4 Å². The quantitative estimate of drug-likeness (QED) is 0.775.